The van der Waals surface area contributed by atoms with E-state index in [1.54, 1.807) is 12.1 Å². The second kappa shape index (κ2) is 9.65. The van der Waals surface area contributed by atoms with Crippen molar-refractivity contribution in [3.63, 3.8) is 0 Å². The van der Waals surface area contributed by atoms with Gasteiger partial charge in [0.05, 0.1) is 31.1 Å². The Bertz CT molecular complexity index is 1070. The van der Waals surface area contributed by atoms with E-state index in [4.69, 9.17) is 14.2 Å². The van der Waals surface area contributed by atoms with Crippen LogP contribution in [-0.2, 0) is 20.0 Å². The summed E-state index contributed by atoms with van der Waals surface area (Å²) < 4.78 is 68.6. The van der Waals surface area contributed by atoms with E-state index < -0.39 is 20.0 Å². The van der Waals surface area contributed by atoms with Crippen LogP contribution in [0.5, 0.6) is 17.2 Å². The fraction of sp³-hybridized carbons (Fsp3) is 0.368. The summed E-state index contributed by atoms with van der Waals surface area (Å²) in [5, 5.41) is 0. The van der Waals surface area contributed by atoms with E-state index in [0.29, 0.717) is 11.5 Å². The molecule has 2 aromatic rings. The van der Waals surface area contributed by atoms with Crippen LogP contribution in [0, 0.1) is 0 Å². The Kier molecular flexibility index (Phi) is 7.70. The lowest BCUT2D eigenvalue weighted by Gasteiger charge is -2.22. The van der Waals surface area contributed by atoms with Gasteiger partial charge in [0, 0.05) is 33.3 Å². The number of likely N-dealkylation sites (N-methyl/N-ethyl adjacent to an activating group) is 2. The van der Waals surface area contributed by atoms with Gasteiger partial charge in [-0.2, -0.15) is 8.61 Å². The molecule has 2 aromatic carbocycles. The Morgan fingerprint density at radius 3 is 1.60 bits per heavy atom. The maximum Gasteiger partial charge on any atom is 0.242 e. The summed E-state index contributed by atoms with van der Waals surface area (Å²) >= 11 is 0. The first-order valence-corrected chi connectivity index (χ1v) is 11.7. The van der Waals surface area contributed by atoms with Gasteiger partial charge in [-0.15, -0.1) is 0 Å². The van der Waals surface area contributed by atoms with Crippen LogP contribution in [-0.4, -0.2) is 74.0 Å². The van der Waals surface area contributed by atoms with Crippen LogP contribution in [0.1, 0.15) is 0 Å². The molecular weight excluding hydrogens is 432 g/mol. The summed E-state index contributed by atoms with van der Waals surface area (Å²) in [6.07, 6.45) is 0. The molecule has 0 fully saturated rings. The van der Waals surface area contributed by atoms with E-state index in [1.165, 1.54) is 65.8 Å². The number of hydrogen-bond acceptors (Lipinski definition) is 7. The highest BCUT2D eigenvalue weighted by atomic mass is 32.2. The van der Waals surface area contributed by atoms with E-state index >= 15 is 0 Å². The molecule has 0 aliphatic rings. The maximum absolute atomic E-state index is 12.9. The van der Waals surface area contributed by atoms with E-state index in [-0.39, 0.29) is 28.6 Å². The molecule has 30 heavy (non-hydrogen) atoms. The second-order valence-corrected chi connectivity index (χ2v) is 10.4. The molecule has 0 saturated carbocycles. The molecule has 166 valence electrons. The molecule has 0 unspecified atom stereocenters. The first-order valence-electron chi connectivity index (χ1n) is 8.86. The van der Waals surface area contributed by atoms with Gasteiger partial charge in [-0.1, -0.05) is 0 Å². The number of hydrogen-bond donors (Lipinski definition) is 0. The van der Waals surface area contributed by atoms with Crippen molar-refractivity contribution >= 4 is 20.0 Å². The van der Waals surface area contributed by atoms with Gasteiger partial charge in [-0.05, 0) is 36.4 Å². The SMILES string of the molecule is COc1ccc(S(=O)(=O)N(C)CCN(C)S(=O)(=O)c2ccc(OC)c(OC)c2)cc1. The Morgan fingerprint density at radius 2 is 1.13 bits per heavy atom. The first-order chi connectivity index (χ1) is 14.1. The Hall–Kier alpha value is -2.34. The van der Waals surface area contributed by atoms with Crippen molar-refractivity contribution < 1.29 is 31.0 Å². The molecule has 11 heteroatoms. The lowest BCUT2D eigenvalue weighted by atomic mass is 10.3. The third-order valence-electron chi connectivity index (χ3n) is 4.56. The smallest absolute Gasteiger partial charge is 0.242 e. The van der Waals surface area contributed by atoms with Crippen molar-refractivity contribution in [2.45, 2.75) is 9.79 Å². The minimum atomic E-state index is -3.85. The van der Waals surface area contributed by atoms with Crippen LogP contribution in [0.2, 0.25) is 0 Å². The van der Waals surface area contributed by atoms with E-state index in [0.717, 1.165) is 8.61 Å². The lowest BCUT2D eigenvalue weighted by molar-refractivity contribution is 0.353. The van der Waals surface area contributed by atoms with Crippen LogP contribution in [0.3, 0.4) is 0 Å². The average Bonchev–Trinajstić information content (AvgIpc) is 2.76. The van der Waals surface area contributed by atoms with Gasteiger partial charge in [0.1, 0.15) is 5.75 Å². The Labute approximate surface area is 177 Å². The second-order valence-electron chi connectivity index (χ2n) is 6.35. The van der Waals surface area contributed by atoms with Crippen LogP contribution in [0.15, 0.2) is 52.3 Å². The minimum Gasteiger partial charge on any atom is -0.497 e. The van der Waals surface area contributed by atoms with Crippen LogP contribution < -0.4 is 14.2 Å². The predicted octanol–water partition coefficient (Wildman–Crippen LogP) is 1.65. The molecular formula is C19H26N2O7S2. The van der Waals surface area contributed by atoms with Crippen molar-refractivity contribution in [1.82, 2.24) is 8.61 Å². The molecule has 0 heterocycles. The van der Waals surface area contributed by atoms with Crippen molar-refractivity contribution in [2.75, 3.05) is 48.5 Å². The average molecular weight is 459 g/mol. The molecule has 0 saturated heterocycles. The fourth-order valence-corrected chi connectivity index (χ4v) is 4.95. The molecule has 2 rings (SSSR count). The summed E-state index contributed by atoms with van der Waals surface area (Å²) in [5.41, 5.74) is 0. The monoisotopic (exact) mass is 458 g/mol. The van der Waals surface area contributed by atoms with Gasteiger partial charge in [-0.3, -0.25) is 0 Å². The summed E-state index contributed by atoms with van der Waals surface area (Å²) in [6.45, 7) is -0.0695. The maximum atomic E-state index is 12.9. The Morgan fingerprint density at radius 1 is 0.667 bits per heavy atom. The molecule has 9 nitrogen and oxygen atoms in total. The molecule has 0 atom stereocenters. The zero-order valence-corrected chi connectivity index (χ0v) is 19.2. The topological polar surface area (TPSA) is 102 Å². The number of benzene rings is 2. The van der Waals surface area contributed by atoms with Gasteiger partial charge < -0.3 is 14.2 Å². The van der Waals surface area contributed by atoms with Crippen LogP contribution in [0.4, 0.5) is 0 Å². The third-order valence-corrected chi connectivity index (χ3v) is 8.28. The van der Waals surface area contributed by atoms with E-state index in [1.807, 2.05) is 0 Å². The van der Waals surface area contributed by atoms with Crippen molar-refractivity contribution in [3.8, 4) is 17.2 Å². The predicted molar refractivity (Wildman–Crippen MR) is 112 cm³/mol. The van der Waals surface area contributed by atoms with Gasteiger partial charge in [0.15, 0.2) is 11.5 Å². The standard InChI is InChI=1S/C19H26N2O7S2/c1-20(29(22,23)16-8-6-15(26-3)7-9-16)12-13-21(2)30(24,25)17-10-11-18(27-4)19(14-17)28-5/h6-11,14H,12-13H2,1-5H3. The molecule has 0 aromatic heterocycles. The third kappa shape index (κ3) is 5.04. The van der Waals surface area contributed by atoms with Gasteiger partial charge in [-0.25, -0.2) is 16.8 Å². The van der Waals surface area contributed by atoms with Crippen molar-refractivity contribution in [1.29, 1.82) is 0 Å². The number of sulfonamides is 2. The van der Waals surface area contributed by atoms with E-state index in [2.05, 4.69) is 0 Å². The van der Waals surface area contributed by atoms with Gasteiger partial charge >= 0.3 is 0 Å². The summed E-state index contributed by atoms with van der Waals surface area (Å²) in [6, 6.07) is 10.2. The van der Waals surface area contributed by atoms with Crippen molar-refractivity contribution in [3.05, 3.63) is 42.5 Å². The van der Waals surface area contributed by atoms with Crippen LogP contribution >= 0.6 is 0 Å². The van der Waals surface area contributed by atoms with Crippen LogP contribution in [0.25, 0.3) is 0 Å². The normalized spacial score (nSPS) is 12.2. The molecule has 0 N–H and O–H groups in total. The lowest BCUT2D eigenvalue weighted by Crippen LogP contribution is -2.37. The first kappa shape index (κ1) is 23.9. The molecule has 0 aliphatic carbocycles. The van der Waals surface area contributed by atoms with Gasteiger partial charge in [0.25, 0.3) is 0 Å². The highest BCUT2D eigenvalue weighted by molar-refractivity contribution is 7.89. The number of rotatable bonds is 10. The van der Waals surface area contributed by atoms with E-state index in [9.17, 15) is 16.8 Å². The summed E-state index contributed by atoms with van der Waals surface area (Å²) in [4.78, 5) is 0.111. The minimum absolute atomic E-state index is 0.0170. The summed E-state index contributed by atoms with van der Waals surface area (Å²) in [7, 11) is -0.474. The highest BCUT2D eigenvalue weighted by Crippen LogP contribution is 2.30. The summed E-state index contributed by atoms with van der Waals surface area (Å²) in [5.74, 6) is 1.23. The molecule has 0 spiro atoms. The zero-order valence-electron chi connectivity index (χ0n) is 17.5. The Balaban J connectivity index is 2.13. The van der Waals surface area contributed by atoms with Crippen molar-refractivity contribution in [2.24, 2.45) is 0 Å². The number of methoxy groups -OCH3 is 3. The van der Waals surface area contributed by atoms with Gasteiger partial charge in [0.2, 0.25) is 20.0 Å². The number of ether oxygens (including phenoxy) is 3. The molecule has 0 radical (unpaired) electrons. The molecule has 0 bridgehead atoms. The highest BCUT2D eigenvalue weighted by Gasteiger charge is 2.25. The molecule has 0 aliphatic heterocycles. The fourth-order valence-electron chi connectivity index (χ4n) is 2.61. The molecule has 0 amide bonds. The zero-order chi connectivity index (χ0) is 22.5. The largest absolute Gasteiger partial charge is 0.497 e. The number of nitrogens with zero attached hydrogens (tertiary/aromatic N) is 2. The quantitative estimate of drug-likeness (QED) is 0.533.